The quantitative estimate of drug-likeness (QED) is 0.147. The van der Waals surface area contributed by atoms with E-state index in [-0.39, 0.29) is 33.6 Å². The van der Waals surface area contributed by atoms with Crippen molar-refractivity contribution in [2.45, 2.75) is 12.3 Å². The first-order valence-corrected chi connectivity index (χ1v) is 41.5. The molecule has 11 aliphatic rings. The van der Waals surface area contributed by atoms with Crippen LogP contribution in [0.1, 0.15) is 44.5 Å². The molecule has 0 saturated heterocycles. The molecule has 16 aromatic rings. The van der Waals surface area contributed by atoms with Crippen molar-refractivity contribution >= 4 is 174 Å². The molecule has 0 amide bonds. The van der Waals surface area contributed by atoms with Crippen molar-refractivity contribution in [3.05, 3.63) is 382 Å². The molecule has 0 fully saturated rings. The van der Waals surface area contributed by atoms with Gasteiger partial charge in [0.2, 0.25) is 0 Å². The topological polar surface area (TPSA) is 205 Å². The zero-order valence-electron chi connectivity index (χ0n) is 60.7. The molecule has 0 radical (unpaired) electrons. The van der Waals surface area contributed by atoms with E-state index < -0.39 is 29.4 Å². The van der Waals surface area contributed by atoms with E-state index >= 15 is 0 Å². The second kappa shape index (κ2) is 24.3. The van der Waals surface area contributed by atoms with Gasteiger partial charge < -0.3 is 25.3 Å². The van der Waals surface area contributed by atoms with Crippen molar-refractivity contribution in [1.82, 2.24) is 11.9 Å². The third-order valence-electron chi connectivity index (χ3n) is 24.0. The van der Waals surface area contributed by atoms with Crippen LogP contribution in [0.5, 0.6) is 0 Å². The number of fused-ring (bicyclic) bond motifs is 38. The minimum Gasteiger partial charge on any atom is 2.00 e. The maximum Gasteiger partial charge on any atom is 2.00 e. The van der Waals surface area contributed by atoms with E-state index in [0.29, 0.717) is 80.3 Å². The molecule has 0 saturated carbocycles. The summed E-state index contributed by atoms with van der Waals surface area (Å²) in [4.78, 5) is 69.2. The number of amidine groups is 8. The van der Waals surface area contributed by atoms with Crippen LogP contribution in [0.2, 0.25) is 0 Å². The Balaban J connectivity index is 0.000000128. The summed E-state index contributed by atoms with van der Waals surface area (Å²) in [6.07, 6.45) is 7.95. The maximum absolute atomic E-state index is 13.5. The second-order valence-corrected chi connectivity index (χ2v) is 34.1. The normalized spacial score (nSPS) is 20.6. The van der Waals surface area contributed by atoms with Gasteiger partial charge in [-0.3, -0.25) is 4.99 Å². The van der Waals surface area contributed by atoms with E-state index in [0.717, 1.165) is 163 Å². The van der Waals surface area contributed by atoms with Crippen LogP contribution in [0.4, 0.5) is 0 Å². The number of benzene rings is 14. The van der Waals surface area contributed by atoms with Crippen LogP contribution in [0.15, 0.2) is 350 Å². The standard InChI is InChI=1S/2C48H26N8.Ga.H2O.Ti/c2*1-2-10-26-18-34-33(17-25(26)9-1)41-49-42(34)54-44-37-21-29-13-5-6-14-30(29)22-38(37)46(51-44)56-48-40-24-32-16-8-7-15-31(32)23-39(40)47(52-48)55-45-36-20-28-12-4-3-11-27(28)19-35(36)43(50-45)53-41;;;/h2*1-24,33,41H;;1H2;/q2*-2;+3;;+2/p-1. The number of hydrogen-bond acceptors (Lipinski definition) is 14. The third kappa shape index (κ3) is 9.78. The monoisotopic (exact) mass is 1560 g/mol. The molecule has 9 aliphatic heterocycles. The Morgan fingerprint density at radius 3 is 1.05 bits per heavy atom. The van der Waals surface area contributed by atoms with Gasteiger partial charge in [-0.2, -0.15) is 0 Å². The Morgan fingerprint density at radius 1 is 0.304 bits per heavy atom. The van der Waals surface area contributed by atoms with Crippen LogP contribution >= 0.6 is 0 Å². The predicted molar refractivity (Wildman–Crippen MR) is 453 cm³/mol. The fourth-order valence-corrected chi connectivity index (χ4v) is 22.7. The molecule has 4 unspecified atom stereocenters. The van der Waals surface area contributed by atoms with Gasteiger partial charge in [0, 0.05) is 39.1 Å². The van der Waals surface area contributed by atoms with Crippen molar-refractivity contribution in [3.8, 4) is 0 Å². The second-order valence-electron chi connectivity index (χ2n) is 30.4. The fraction of sp³-hybridized carbons (Fsp3) is 0.0417. The molecule has 27 rings (SSSR count). The summed E-state index contributed by atoms with van der Waals surface area (Å²) >= 11 is -4.07. The van der Waals surface area contributed by atoms with Crippen molar-refractivity contribution in [2.75, 3.05) is 0 Å². The van der Waals surface area contributed by atoms with E-state index in [1.807, 2.05) is 15.4 Å². The first-order valence-electron chi connectivity index (χ1n) is 38.3. The van der Waals surface area contributed by atoms with Gasteiger partial charge in [0.15, 0.2) is 5.84 Å². The van der Waals surface area contributed by atoms with E-state index in [1.54, 1.807) is 0 Å². The van der Waals surface area contributed by atoms with Gasteiger partial charge in [-0.1, -0.05) is 115 Å². The number of aliphatic imine (C=N–C) groups is 8. The molecule has 0 spiro atoms. The molecular formula is C96H53GaN16OTi. The first-order chi connectivity index (χ1) is 56.3. The summed E-state index contributed by atoms with van der Waals surface area (Å²) in [5.41, 5.74) is 11.6. The van der Waals surface area contributed by atoms with Gasteiger partial charge in [0.1, 0.15) is 0 Å². The minimum atomic E-state index is -4.07. The summed E-state index contributed by atoms with van der Waals surface area (Å²) in [5, 5.41) is 26.5. The molecule has 17 nitrogen and oxygen atoms in total. The average molecular weight is 1560 g/mol. The van der Waals surface area contributed by atoms with E-state index in [1.165, 1.54) is 0 Å². The number of aromatic nitrogens is 2. The SMILES string of the molecule is C1=c2ccccc2=CC2C1=C1/N=C3\N=C(N=c4[n-]c(c5cc6ccccc6cc45)=NC4=N/C(=N\C2[N-]1)c1cc2ccccc2cc14)c1cc2ccccc2cc13.[OH][Ga]1[N]2C3=C4C=c5ccccc5=CC4C2/N=C2\N=C(N=c4c5cc6ccccc6cc5c([n]41)=NC1=N/C(=N\3)c3cc4ccccc4cc31)c1cc3ccccc3cc12.[Ti+2]. The summed E-state index contributed by atoms with van der Waals surface area (Å²) in [7, 11) is 0. The molecule has 530 valence electrons. The third-order valence-corrected chi connectivity index (χ3v) is 28.2. The number of nitrogens with zero attached hydrogens (tertiary/aromatic N) is 16. The van der Waals surface area contributed by atoms with Crippen molar-refractivity contribution in [3.63, 3.8) is 0 Å². The van der Waals surface area contributed by atoms with Gasteiger partial charge in [0.25, 0.3) is 0 Å². The Morgan fingerprint density at radius 2 is 0.626 bits per heavy atom. The largest absolute Gasteiger partial charge is 2.00 e. The van der Waals surface area contributed by atoms with E-state index in [9.17, 15) is 3.90 Å². The maximum atomic E-state index is 13.5. The Bertz CT molecular complexity index is 8250. The van der Waals surface area contributed by atoms with Crippen LogP contribution in [0, 0.1) is 11.8 Å². The number of hydrogen-bond donors (Lipinski definition) is 1. The average Bonchev–Trinajstić information content (AvgIpc) is 1.55. The van der Waals surface area contributed by atoms with Crippen LogP contribution in [-0.4, -0.2) is 86.9 Å². The van der Waals surface area contributed by atoms with Crippen molar-refractivity contribution in [2.24, 2.45) is 71.7 Å². The zero-order valence-corrected chi connectivity index (χ0v) is 64.7. The van der Waals surface area contributed by atoms with Gasteiger partial charge in [-0.15, -0.1) is 0 Å². The summed E-state index contributed by atoms with van der Waals surface area (Å²) in [5.74, 6) is 5.50. The van der Waals surface area contributed by atoms with Crippen LogP contribution in [0.3, 0.4) is 0 Å². The van der Waals surface area contributed by atoms with Crippen LogP contribution in [-0.2, 0) is 21.7 Å². The van der Waals surface area contributed by atoms with Crippen LogP contribution < -0.4 is 47.8 Å². The predicted octanol–water partition coefficient (Wildman–Crippen LogP) is 12.1. The van der Waals surface area contributed by atoms with Crippen molar-refractivity contribution < 1.29 is 25.6 Å². The molecule has 2 aliphatic carbocycles. The van der Waals surface area contributed by atoms with Crippen molar-refractivity contribution in [1.29, 1.82) is 0 Å². The molecule has 14 bridgehead atoms. The van der Waals surface area contributed by atoms with E-state index in [4.69, 9.17) is 70.2 Å². The molecule has 11 heterocycles. The molecule has 115 heavy (non-hydrogen) atoms. The Hall–Kier alpha value is -13.8. The molecule has 1 N–H and O–H groups in total. The van der Waals surface area contributed by atoms with Gasteiger partial charge in [0.05, 0.1) is 23.7 Å². The summed E-state index contributed by atoms with van der Waals surface area (Å²) in [6, 6.07) is 92.9. The number of rotatable bonds is 0. The Kier molecular flexibility index (Phi) is 13.7. The summed E-state index contributed by atoms with van der Waals surface area (Å²) < 4.78 is 17.7. The molecule has 14 aromatic carbocycles. The van der Waals surface area contributed by atoms with Crippen LogP contribution in [0.25, 0.3) is 116 Å². The molecular weight excluding hydrogens is 1510 g/mol. The minimum absolute atomic E-state index is 0. The molecule has 4 atom stereocenters. The van der Waals surface area contributed by atoms with Gasteiger partial charge >= 0.3 is 359 Å². The van der Waals surface area contributed by atoms with E-state index in [2.05, 4.69) is 283 Å². The molecule has 19 heteroatoms. The zero-order chi connectivity index (χ0) is 74.3. The first kappa shape index (κ1) is 64.8. The summed E-state index contributed by atoms with van der Waals surface area (Å²) in [6.45, 7) is 0. The van der Waals surface area contributed by atoms with Gasteiger partial charge in [-0.25, -0.2) is 9.98 Å². The smallest absolute Gasteiger partial charge is 2.00 e. The fourth-order valence-electron chi connectivity index (χ4n) is 18.5. The Labute approximate surface area is 673 Å². The van der Waals surface area contributed by atoms with Gasteiger partial charge in [-0.05, 0) is 95.5 Å². The molecule has 2 aromatic heterocycles.